The highest BCUT2D eigenvalue weighted by Crippen LogP contribution is 2.21. The fourth-order valence-electron chi connectivity index (χ4n) is 1.71. The number of rotatable bonds is 2. The summed E-state index contributed by atoms with van der Waals surface area (Å²) in [6.45, 7) is 0.281. The molecular weight excluding hydrogens is 214 g/mol. The van der Waals surface area contributed by atoms with Gasteiger partial charge in [-0.3, -0.25) is 4.79 Å². The highest BCUT2D eigenvalue weighted by Gasteiger charge is 2.14. The van der Waals surface area contributed by atoms with Gasteiger partial charge in [0.2, 0.25) is 0 Å². The number of terminal acetylenes is 1. The lowest BCUT2D eigenvalue weighted by molar-refractivity contribution is 0.0808. The summed E-state index contributed by atoms with van der Waals surface area (Å²) in [6.07, 6.45) is 5.17. The quantitative estimate of drug-likeness (QED) is 0.602. The third-order valence-electron chi connectivity index (χ3n) is 2.59. The molecule has 3 N–H and O–H groups in total. The summed E-state index contributed by atoms with van der Waals surface area (Å²) in [7, 11) is 1.66. The zero-order valence-corrected chi connectivity index (χ0v) is 9.53. The number of carbonyl (C=O) groups is 1. The van der Waals surface area contributed by atoms with Crippen LogP contribution in [0.1, 0.15) is 10.5 Å². The van der Waals surface area contributed by atoms with Crippen LogP contribution in [0.3, 0.4) is 0 Å². The lowest BCUT2D eigenvalue weighted by atomic mass is 10.2. The van der Waals surface area contributed by atoms with Crippen molar-refractivity contribution < 1.29 is 4.79 Å². The van der Waals surface area contributed by atoms with Crippen LogP contribution in [0.15, 0.2) is 24.3 Å². The molecule has 0 unspecified atom stereocenters. The van der Waals surface area contributed by atoms with E-state index >= 15 is 0 Å². The number of nitrogen functional groups attached to an aromatic ring is 1. The molecule has 0 aliphatic rings. The van der Waals surface area contributed by atoms with Crippen molar-refractivity contribution in [1.29, 1.82) is 0 Å². The van der Waals surface area contributed by atoms with Crippen LogP contribution >= 0.6 is 0 Å². The van der Waals surface area contributed by atoms with Gasteiger partial charge in [-0.25, -0.2) is 0 Å². The number of fused-ring (bicyclic) bond motifs is 1. The Morgan fingerprint density at radius 2 is 2.35 bits per heavy atom. The minimum absolute atomic E-state index is 0.140. The van der Waals surface area contributed by atoms with Gasteiger partial charge in [-0.1, -0.05) is 18.1 Å². The van der Waals surface area contributed by atoms with Crippen LogP contribution in [-0.2, 0) is 0 Å². The van der Waals surface area contributed by atoms with E-state index in [2.05, 4.69) is 10.9 Å². The predicted molar refractivity (Wildman–Crippen MR) is 68.5 cm³/mol. The number of anilines is 1. The Morgan fingerprint density at radius 3 is 3.00 bits per heavy atom. The van der Waals surface area contributed by atoms with E-state index in [0.29, 0.717) is 11.4 Å². The number of carbonyl (C=O) groups excluding carboxylic acids is 1. The average molecular weight is 227 g/mol. The van der Waals surface area contributed by atoms with Crippen LogP contribution in [0.4, 0.5) is 5.69 Å². The van der Waals surface area contributed by atoms with E-state index in [1.807, 2.05) is 12.1 Å². The number of nitrogens with zero attached hydrogens (tertiary/aromatic N) is 1. The van der Waals surface area contributed by atoms with Crippen molar-refractivity contribution in [2.75, 3.05) is 19.3 Å². The van der Waals surface area contributed by atoms with E-state index in [9.17, 15) is 4.79 Å². The first-order chi connectivity index (χ1) is 8.13. The van der Waals surface area contributed by atoms with Crippen LogP contribution in [0.2, 0.25) is 0 Å². The monoisotopic (exact) mass is 227 g/mol. The number of hydrogen-bond acceptors (Lipinski definition) is 2. The second kappa shape index (κ2) is 4.22. The third kappa shape index (κ3) is 1.95. The summed E-state index contributed by atoms with van der Waals surface area (Å²) in [4.78, 5) is 16.5. The number of aromatic amines is 1. The first kappa shape index (κ1) is 11.1. The molecule has 4 nitrogen and oxygen atoms in total. The number of nitrogens with two attached hydrogens (primary N) is 1. The molecule has 2 aromatic rings. The number of hydrogen-bond donors (Lipinski definition) is 2. The molecule has 17 heavy (non-hydrogen) atoms. The van der Waals surface area contributed by atoms with Gasteiger partial charge >= 0.3 is 0 Å². The summed E-state index contributed by atoms with van der Waals surface area (Å²) in [5.41, 5.74) is 7.72. The third-order valence-corrected chi connectivity index (χ3v) is 2.59. The van der Waals surface area contributed by atoms with Crippen molar-refractivity contribution in [3.8, 4) is 12.3 Å². The van der Waals surface area contributed by atoms with Gasteiger partial charge in [0.25, 0.3) is 5.91 Å². The van der Waals surface area contributed by atoms with Crippen molar-refractivity contribution in [2.45, 2.75) is 0 Å². The second-order valence-corrected chi connectivity index (χ2v) is 3.86. The molecule has 1 amide bonds. The normalized spacial score (nSPS) is 10.1. The van der Waals surface area contributed by atoms with E-state index in [0.717, 1.165) is 10.9 Å². The predicted octanol–water partition coefficient (Wildman–Crippen LogP) is 1.46. The van der Waals surface area contributed by atoms with Crippen molar-refractivity contribution in [3.63, 3.8) is 0 Å². The van der Waals surface area contributed by atoms with Gasteiger partial charge in [-0.15, -0.1) is 6.42 Å². The molecule has 0 radical (unpaired) electrons. The molecule has 0 fully saturated rings. The van der Waals surface area contributed by atoms with Crippen LogP contribution in [-0.4, -0.2) is 29.4 Å². The van der Waals surface area contributed by atoms with Gasteiger partial charge in [0.15, 0.2) is 0 Å². The van der Waals surface area contributed by atoms with Crippen molar-refractivity contribution >= 4 is 22.5 Å². The van der Waals surface area contributed by atoms with E-state index in [-0.39, 0.29) is 12.5 Å². The SMILES string of the molecule is C#CCN(C)C(=O)c1cc2cccc(N)c2[nH]1. The summed E-state index contributed by atoms with van der Waals surface area (Å²) in [6, 6.07) is 7.32. The van der Waals surface area contributed by atoms with Gasteiger partial charge in [-0.2, -0.15) is 0 Å². The number of aromatic nitrogens is 1. The highest BCUT2D eigenvalue weighted by molar-refractivity contribution is 6.00. The number of para-hydroxylation sites is 1. The average Bonchev–Trinajstić information content (AvgIpc) is 2.73. The summed E-state index contributed by atoms with van der Waals surface area (Å²) in [5, 5.41) is 0.919. The molecule has 0 aliphatic carbocycles. The summed E-state index contributed by atoms with van der Waals surface area (Å²) in [5.74, 6) is 2.29. The van der Waals surface area contributed by atoms with Gasteiger partial charge in [0.1, 0.15) is 5.69 Å². The van der Waals surface area contributed by atoms with E-state index < -0.39 is 0 Å². The van der Waals surface area contributed by atoms with Crippen molar-refractivity contribution in [1.82, 2.24) is 9.88 Å². The first-order valence-corrected chi connectivity index (χ1v) is 5.19. The Balaban J connectivity index is 2.41. The van der Waals surface area contributed by atoms with Gasteiger partial charge in [0.05, 0.1) is 17.7 Å². The van der Waals surface area contributed by atoms with Gasteiger partial charge in [0, 0.05) is 12.4 Å². The van der Waals surface area contributed by atoms with E-state index in [1.165, 1.54) is 4.90 Å². The zero-order chi connectivity index (χ0) is 12.4. The Labute approximate surface area is 99.4 Å². The van der Waals surface area contributed by atoms with Gasteiger partial charge < -0.3 is 15.6 Å². The first-order valence-electron chi connectivity index (χ1n) is 5.19. The van der Waals surface area contributed by atoms with Crippen molar-refractivity contribution in [2.24, 2.45) is 0 Å². The molecule has 1 heterocycles. The molecule has 1 aromatic carbocycles. The zero-order valence-electron chi connectivity index (χ0n) is 9.53. The van der Waals surface area contributed by atoms with E-state index in [1.54, 1.807) is 19.2 Å². The number of benzene rings is 1. The fraction of sp³-hybridized carbons (Fsp3) is 0.154. The van der Waals surface area contributed by atoms with Crippen LogP contribution < -0.4 is 5.73 Å². The van der Waals surface area contributed by atoms with Crippen LogP contribution in [0.5, 0.6) is 0 Å². The molecule has 0 aliphatic heterocycles. The molecule has 2 rings (SSSR count). The molecule has 86 valence electrons. The fourth-order valence-corrected chi connectivity index (χ4v) is 1.71. The maximum atomic E-state index is 12.0. The van der Waals surface area contributed by atoms with Crippen molar-refractivity contribution in [3.05, 3.63) is 30.0 Å². The molecule has 4 heteroatoms. The minimum Gasteiger partial charge on any atom is -0.397 e. The highest BCUT2D eigenvalue weighted by atomic mass is 16.2. The largest absolute Gasteiger partial charge is 0.397 e. The van der Waals surface area contributed by atoms with E-state index in [4.69, 9.17) is 12.2 Å². The molecule has 0 saturated carbocycles. The Bertz CT molecular complexity index is 607. The maximum absolute atomic E-state index is 12.0. The number of nitrogens with one attached hydrogen (secondary N) is 1. The van der Waals surface area contributed by atoms with Crippen LogP contribution in [0, 0.1) is 12.3 Å². The number of amides is 1. The molecule has 0 saturated heterocycles. The minimum atomic E-state index is -0.140. The lowest BCUT2D eigenvalue weighted by Crippen LogP contribution is -2.27. The molecule has 1 aromatic heterocycles. The molecular formula is C13H13N3O. The second-order valence-electron chi connectivity index (χ2n) is 3.86. The Hall–Kier alpha value is -2.41. The Kier molecular flexibility index (Phi) is 2.75. The molecule has 0 atom stereocenters. The molecule has 0 bridgehead atoms. The van der Waals surface area contributed by atoms with Crippen LogP contribution in [0.25, 0.3) is 10.9 Å². The number of H-pyrrole nitrogens is 1. The lowest BCUT2D eigenvalue weighted by Gasteiger charge is -2.11. The smallest absolute Gasteiger partial charge is 0.270 e. The molecule has 0 spiro atoms. The van der Waals surface area contributed by atoms with Gasteiger partial charge in [-0.05, 0) is 12.1 Å². The summed E-state index contributed by atoms with van der Waals surface area (Å²) >= 11 is 0. The maximum Gasteiger partial charge on any atom is 0.270 e. The summed E-state index contributed by atoms with van der Waals surface area (Å²) < 4.78 is 0. The standard InChI is InChI=1S/C13H13N3O/c1-3-7-16(2)13(17)11-8-9-5-4-6-10(14)12(9)15-11/h1,4-6,8,15H,7,14H2,2H3. The Morgan fingerprint density at radius 1 is 1.59 bits per heavy atom. The topological polar surface area (TPSA) is 62.1 Å².